The van der Waals surface area contributed by atoms with Gasteiger partial charge >= 0.3 is 12.0 Å². The van der Waals surface area contributed by atoms with E-state index in [2.05, 4.69) is 5.32 Å². The van der Waals surface area contributed by atoms with Crippen LogP contribution in [0, 0.1) is 5.41 Å². The summed E-state index contributed by atoms with van der Waals surface area (Å²) in [5.41, 5.74) is 0.0957. The summed E-state index contributed by atoms with van der Waals surface area (Å²) in [6.45, 7) is 3.26. The van der Waals surface area contributed by atoms with Crippen molar-refractivity contribution in [2.75, 3.05) is 13.1 Å². The fourth-order valence-electron chi connectivity index (χ4n) is 2.95. The van der Waals surface area contributed by atoms with Crippen molar-refractivity contribution in [1.82, 2.24) is 10.2 Å². The van der Waals surface area contributed by atoms with E-state index < -0.39 is 11.4 Å². The zero-order chi connectivity index (χ0) is 15.3. The van der Waals surface area contributed by atoms with Crippen LogP contribution in [0.3, 0.4) is 0 Å². The molecule has 1 aliphatic heterocycles. The van der Waals surface area contributed by atoms with Gasteiger partial charge in [-0.3, -0.25) is 4.79 Å². The Labute approximate surface area is 124 Å². The summed E-state index contributed by atoms with van der Waals surface area (Å²) in [7, 11) is 0. The number of amides is 2. The monoisotopic (exact) mass is 294 g/mol. The number of hydrogen-bond acceptors (Lipinski definition) is 3. The summed E-state index contributed by atoms with van der Waals surface area (Å²) in [6.07, 6.45) is 5.91. The molecular weight excluding hydrogens is 272 g/mol. The Kier molecular flexibility index (Phi) is 4.88. The number of likely N-dealkylation sites (tertiary alicyclic amines) is 1. The average molecular weight is 294 g/mol. The van der Waals surface area contributed by atoms with E-state index in [1.54, 1.807) is 23.5 Å². The van der Waals surface area contributed by atoms with E-state index in [-0.39, 0.29) is 12.6 Å². The minimum absolute atomic E-state index is 0.211. The maximum Gasteiger partial charge on any atom is 0.317 e. The number of piperidine rings is 1. The predicted octanol–water partition coefficient (Wildman–Crippen LogP) is 2.46. The maximum atomic E-state index is 12.2. The molecule has 0 saturated carbocycles. The Hall–Kier alpha value is -1.98. The molecule has 1 aliphatic rings. The van der Waals surface area contributed by atoms with Crippen molar-refractivity contribution in [2.24, 2.45) is 5.41 Å². The summed E-state index contributed by atoms with van der Waals surface area (Å²) in [5.74, 6) is -0.795. The number of nitrogens with one attached hydrogen (secondary N) is 1. The molecular formula is C15H22N2O4. The molecule has 0 spiro atoms. The van der Waals surface area contributed by atoms with E-state index in [4.69, 9.17) is 4.42 Å². The lowest BCUT2D eigenvalue weighted by molar-refractivity contribution is -0.152. The van der Waals surface area contributed by atoms with Crippen LogP contribution >= 0.6 is 0 Å². The van der Waals surface area contributed by atoms with E-state index >= 15 is 0 Å². The van der Waals surface area contributed by atoms with E-state index in [1.807, 2.05) is 6.92 Å². The fraction of sp³-hybridized carbons (Fsp3) is 0.600. The summed E-state index contributed by atoms with van der Waals surface area (Å²) in [4.78, 5) is 25.4. The van der Waals surface area contributed by atoms with Gasteiger partial charge in [0.15, 0.2) is 0 Å². The molecule has 1 saturated heterocycles. The summed E-state index contributed by atoms with van der Waals surface area (Å²) >= 11 is 0. The molecule has 0 aliphatic carbocycles. The van der Waals surface area contributed by atoms with Crippen LogP contribution in [0.4, 0.5) is 4.79 Å². The molecule has 6 nitrogen and oxygen atoms in total. The van der Waals surface area contributed by atoms with Gasteiger partial charge in [-0.15, -0.1) is 0 Å². The second-order valence-corrected chi connectivity index (χ2v) is 5.65. The molecule has 1 atom stereocenters. The minimum Gasteiger partial charge on any atom is -0.481 e. The third-order valence-corrected chi connectivity index (χ3v) is 4.07. The molecule has 0 radical (unpaired) electrons. The number of furan rings is 1. The normalized spacial score (nSPS) is 22.0. The Morgan fingerprint density at radius 3 is 2.95 bits per heavy atom. The van der Waals surface area contributed by atoms with Gasteiger partial charge in [0, 0.05) is 25.2 Å². The molecule has 1 aromatic rings. The topological polar surface area (TPSA) is 82.8 Å². The molecule has 21 heavy (non-hydrogen) atoms. The summed E-state index contributed by atoms with van der Waals surface area (Å²) in [6, 6.07) is 1.58. The Bertz CT molecular complexity index is 482. The van der Waals surface area contributed by atoms with Crippen molar-refractivity contribution < 1.29 is 19.1 Å². The molecule has 1 aromatic heterocycles. The average Bonchev–Trinajstić information content (AvgIpc) is 2.98. The lowest BCUT2D eigenvalue weighted by atomic mass is 9.76. The zero-order valence-electron chi connectivity index (χ0n) is 12.3. The Morgan fingerprint density at radius 2 is 2.33 bits per heavy atom. The van der Waals surface area contributed by atoms with Crippen LogP contribution < -0.4 is 5.32 Å². The van der Waals surface area contributed by atoms with Gasteiger partial charge in [0.05, 0.1) is 17.9 Å². The first-order valence-corrected chi connectivity index (χ1v) is 7.34. The van der Waals surface area contributed by atoms with Gasteiger partial charge in [0.25, 0.3) is 0 Å². The van der Waals surface area contributed by atoms with Gasteiger partial charge in [0.2, 0.25) is 0 Å². The highest BCUT2D eigenvalue weighted by atomic mass is 16.4. The molecule has 116 valence electrons. The van der Waals surface area contributed by atoms with Gasteiger partial charge in [-0.25, -0.2) is 4.79 Å². The number of aliphatic carboxylic acids is 1. The van der Waals surface area contributed by atoms with E-state index in [1.165, 1.54) is 0 Å². The quantitative estimate of drug-likeness (QED) is 0.874. The number of carbonyl (C=O) groups is 2. The molecule has 1 unspecified atom stereocenters. The second-order valence-electron chi connectivity index (χ2n) is 5.65. The van der Waals surface area contributed by atoms with Crippen LogP contribution in [-0.4, -0.2) is 35.1 Å². The van der Waals surface area contributed by atoms with Crippen molar-refractivity contribution >= 4 is 12.0 Å². The molecule has 2 amide bonds. The first-order chi connectivity index (χ1) is 10.1. The van der Waals surface area contributed by atoms with Crippen molar-refractivity contribution in [3.8, 4) is 0 Å². The van der Waals surface area contributed by atoms with Gasteiger partial charge in [-0.05, 0) is 25.3 Å². The summed E-state index contributed by atoms with van der Waals surface area (Å²) < 4.78 is 4.95. The first-order valence-electron chi connectivity index (χ1n) is 7.34. The van der Waals surface area contributed by atoms with Crippen LogP contribution in [0.25, 0.3) is 0 Å². The largest absolute Gasteiger partial charge is 0.481 e. The van der Waals surface area contributed by atoms with Gasteiger partial charge in [-0.1, -0.05) is 13.3 Å². The third kappa shape index (κ3) is 3.56. The highest BCUT2D eigenvalue weighted by molar-refractivity contribution is 5.78. The van der Waals surface area contributed by atoms with Gasteiger partial charge in [0.1, 0.15) is 0 Å². The minimum atomic E-state index is -0.795. The second kappa shape index (κ2) is 6.65. The maximum absolute atomic E-state index is 12.2. The standard InChI is InChI=1S/C15H22N2O4/c1-2-5-15(13(18)19)6-3-7-17(11-15)14(20)16-9-12-4-8-21-10-12/h4,8,10H,2-3,5-7,9,11H2,1H3,(H,16,20)(H,18,19). The SMILES string of the molecule is CCCC1(C(=O)O)CCCN(C(=O)NCc2ccoc2)C1. The predicted molar refractivity (Wildman–Crippen MR) is 76.7 cm³/mol. The highest BCUT2D eigenvalue weighted by Gasteiger charge is 2.42. The van der Waals surface area contributed by atoms with Crippen LogP contribution in [0.5, 0.6) is 0 Å². The fourth-order valence-corrected chi connectivity index (χ4v) is 2.95. The molecule has 2 heterocycles. The number of carbonyl (C=O) groups excluding carboxylic acids is 1. The van der Waals surface area contributed by atoms with Crippen LogP contribution in [0.15, 0.2) is 23.0 Å². The van der Waals surface area contributed by atoms with Crippen molar-refractivity contribution in [2.45, 2.75) is 39.2 Å². The number of nitrogens with zero attached hydrogens (tertiary/aromatic N) is 1. The molecule has 2 rings (SSSR count). The number of rotatable bonds is 5. The van der Waals surface area contributed by atoms with Crippen LogP contribution in [-0.2, 0) is 11.3 Å². The Morgan fingerprint density at radius 1 is 1.52 bits per heavy atom. The molecule has 0 bridgehead atoms. The molecule has 2 N–H and O–H groups in total. The molecule has 1 fully saturated rings. The van der Waals surface area contributed by atoms with E-state index in [0.717, 1.165) is 18.4 Å². The van der Waals surface area contributed by atoms with E-state index in [9.17, 15) is 14.7 Å². The number of carboxylic acids is 1. The molecule has 6 heteroatoms. The van der Waals surface area contributed by atoms with Crippen molar-refractivity contribution in [3.05, 3.63) is 24.2 Å². The van der Waals surface area contributed by atoms with Crippen molar-refractivity contribution in [1.29, 1.82) is 0 Å². The third-order valence-electron chi connectivity index (χ3n) is 4.07. The Balaban J connectivity index is 1.96. The summed E-state index contributed by atoms with van der Waals surface area (Å²) in [5, 5.41) is 12.3. The highest BCUT2D eigenvalue weighted by Crippen LogP contribution is 2.35. The first kappa shape index (κ1) is 15.4. The molecule has 0 aromatic carbocycles. The zero-order valence-corrected chi connectivity index (χ0v) is 12.3. The van der Waals surface area contributed by atoms with Crippen LogP contribution in [0.2, 0.25) is 0 Å². The van der Waals surface area contributed by atoms with Gasteiger partial charge < -0.3 is 19.7 Å². The number of hydrogen-bond donors (Lipinski definition) is 2. The van der Waals surface area contributed by atoms with Gasteiger partial charge in [-0.2, -0.15) is 0 Å². The lowest BCUT2D eigenvalue weighted by Crippen LogP contribution is -2.52. The smallest absolute Gasteiger partial charge is 0.317 e. The number of carboxylic acid groups (broad SMARTS) is 1. The van der Waals surface area contributed by atoms with Crippen molar-refractivity contribution in [3.63, 3.8) is 0 Å². The van der Waals surface area contributed by atoms with E-state index in [0.29, 0.717) is 25.9 Å². The lowest BCUT2D eigenvalue weighted by Gasteiger charge is -2.39. The van der Waals surface area contributed by atoms with Crippen LogP contribution in [0.1, 0.15) is 38.2 Å². The number of urea groups is 1.